The van der Waals surface area contributed by atoms with Crippen LogP contribution in [0.25, 0.3) is 0 Å². The lowest BCUT2D eigenvalue weighted by molar-refractivity contribution is -0.158. The van der Waals surface area contributed by atoms with Crippen molar-refractivity contribution in [2.45, 2.75) is 51.4 Å². The van der Waals surface area contributed by atoms with Crippen molar-refractivity contribution in [1.29, 1.82) is 0 Å². The molecule has 0 spiro atoms. The fraction of sp³-hybridized carbons (Fsp3) is 0.391. The molecule has 1 aliphatic heterocycles. The molecule has 2 aromatic carbocycles. The third kappa shape index (κ3) is 5.10. The number of rotatable bonds is 7. The topological polar surface area (TPSA) is 109 Å². The maximum Gasteiger partial charge on any atom is 0.328 e. The molecule has 160 valence electrons. The van der Waals surface area contributed by atoms with Crippen LogP contribution in [0, 0.1) is 0 Å². The second kappa shape index (κ2) is 8.75. The van der Waals surface area contributed by atoms with Gasteiger partial charge < -0.3 is 25.7 Å². The highest BCUT2D eigenvalue weighted by Gasteiger charge is 2.28. The molecular weight excluding hydrogens is 382 g/mol. The summed E-state index contributed by atoms with van der Waals surface area (Å²) in [5.74, 6) is 1.32. The number of nitrogens with two attached hydrogens (primary N) is 2. The Hall–Kier alpha value is -3.06. The molecule has 2 atom stereocenters. The number of carbonyl (C=O) groups excluding carboxylic acids is 1. The maximum atomic E-state index is 12.7. The van der Waals surface area contributed by atoms with E-state index in [1.807, 2.05) is 45.0 Å². The number of hydrogen-bond acceptors (Lipinski definition) is 7. The Bertz CT molecular complexity index is 938. The zero-order chi connectivity index (χ0) is 21.9. The molecule has 0 aliphatic carbocycles. The van der Waals surface area contributed by atoms with E-state index in [9.17, 15) is 4.79 Å². The van der Waals surface area contributed by atoms with E-state index >= 15 is 0 Å². The Balaban J connectivity index is 1.62. The Morgan fingerprint density at radius 1 is 1.23 bits per heavy atom. The van der Waals surface area contributed by atoms with Crippen LogP contribution in [-0.2, 0) is 16.0 Å². The Morgan fingerprint density at radius 3 is 2.60 bits per heavy atom. The average molecular weight is 412 g/mol. The number of fused-ring (bicyclic) bond motifs is 1. The van der Waals surface area contributed by atoms with Gasteiger partial charge in [0.2, 0.25) is 0 Å². The van der Waals surface area contributed by atoms with Gasteiger partial charge in [-0.25, -0.2) is 9.79 Å². The van der Waals surface area contributed by atoms with Gasteiger partial charge in [0.25, 0.3) is 0 Å². The molecule has 0 amide bonds. The van der Waals surface area contributed by atoms with Crippen molar-refractivity contribution in [3.05, 3.63) is 53.6 Å². The number of esters is 1. The minimum absolute atomic E-state index is 0.284. The number of carbonyl (C=O) groups is 1. The number of ether oxygens (including phenoxy) is 3. The smallest absolute Gasteiger partial charge is 0.328 e. The van der Waals surface area contributed by atoms with Gasteiger partial charge in [0.05, 0.1) is 7.11 Å². The molecule has 3 rings (SSSR count). The minimum Gasteiger partial charge on any atom is -0.497 e. The molecule has 0 saturated carbocycles. The van der Waals surface area contributed by atoms with Crippen LogP contribution in [0.3, 0.4) is 0 Å². The third-order valence-corrected chi connectivity index (χ3v) is 5.12. The summed E-state index contributed by atoms with van der Waals surface area (Å²) in [6, 6.07) is 12.1. The van der Waals surface area contributed by atoms with Crippen LogP contribution in [0.5, 0.6) is 11.5 Å². The average Bonchev–Trinajstić information content (AvgIpc) is 2.72. The van der Waals surface area contributed by atoms with Crippen molar-refractivity contribution in [2.24, 2.45) is 16.5 Å². The fourth-order valence-electron chi connectivity index (χ4n) is 3.16. The SMILES string of the molecule is COc1ccc(CCC(C)(C)OC(=O)C(N)c2ccc3c(c2)N=C(N)C(C)O3)cc1. The molecule has 0 saturated heterocycles. The van der Waals surface area contributed by atoms with Gasteiger partial charge in [-0.3, -0.25) is 0 Å². The first-order chi connectivity index (χ1) is 14.2. The van der Waals surface area contributed by atoms with Crippen molar-refractivity contribution < 1.29 is 19.0 Å². The zero-order valence-electron chi connectivity index (χ0n) is 17.8. The Kier molecular flexibility index (Phi) is 6.31. The third-order valence-electron chi connectivity index (χ3n) is 5.12. The highest BCUT2D eigenvalue weighted by molar-refractivity contribution is 5.90. The number of aryl methyl sites for hydroxylation is 1. The Labute approximate surface area is 177 Å². The molecule has 7 nitrogen and oxygen atoms in total. The maximum absolute atomic E-state index is 12.7. The van der Waals surface area contributed by atoms with Crippen LogP contribution >= 0.6 is 0 Å². The molecule has 0 bridgehead atoms. The summed E-state index contributed by atoms with van der Waals surface area (Å²) in [7, 11) is 1.64. The highest BCUT2D eigenvalue weighted by atomic mass is 16.6. The van der Waals surface area contributed by atoms with Crippen LogP contribution in [0.2, 0.25) is 0 Å². The molecule has 1 aliphatic rings. The minimum atomic E-state index is -0.925. The summed E-state index contributed by atoms with van der Waals surface area (Å²) in [5.41, 5.74) is 13.7. The quantitative estimate of drug-likeness (QED) is 0.676. The molecule has 2 aromatic rings. The lowest BCUT2D eigenvalue weighted by Gasteiger charge is -2.27. The van der Waals surface area contributed by atoms with Gasteiger partial charge >= 0.3 is 5.97 Å². The van der Waals surface area contributed by atoms with E-state index in [1.54, 1.807) is 25.3 Å². The van der Waals surface area contributed by atoms with E-state index in [1.165, 1.54) is 0 Å². The van der Waals surface area contributed by atoms with Gasteiger partial charge in [0.15, 0.2) is 6.10 Å². The largest absolute Gasteiger partial charge is 0.497 e. The fourth-order valence-corrected chi connectivity index (χ4v) is 3.16. The van der Waals surface area contributed by atoms with E-state index in [0.717, 1.165) is 17.7 Å². The van der Waals surface area contributed by atoms with Crippen molar-refractivity contribution in [3.8, 4) is 11.5 Å². The van der Waals surface area contributed by atoms with Crippen LogP contribution in [-0.4, -0.2) is 30.6 Å². The van der Waals surface area contributed by atoms with Gasteiger partial charge in [-0.15, -0.1) is 0 Å². The lowest BCUT2D eigenvalue weighted by atomic mass is 9.98. The molecule has 0 aromatic heterocycles. The van der Waals surface area contributed by atoms with Gasteiger partial charge in [0.1, 0.15) is 34.7 Å². The first-order valence-corrected chi connectivity index (χ1v) is 9.94. The van der Waals surface area contributed by atoms with Gasteiger partial charge in [-0.2, -0.15) is 0 Å². The molecule has 30 heavy (non-hydrogen) atoms. The molecule has 2 unspecified atom stereocenters. The standard InChI is InChI=1S/C23H29N3O4/c1-14-21(25)26-18-13-16(7-10-19(18)29-14)20(24)22(27)30-23(2,3)12-11-15-5-8-17(28-4)9-6-15/h5-10,13-14,20H,11-12,24H2,1-4H3,(H2,25,26). The number of aliphatic imine (C=N–C) groups is 1. The monoisotopic (exact) mass is 411 g/mol. The van der Waals surface area contributed by atoms with Crippen LogP contribution in [0.1, 0.15) is 44.4 Å². The van der Waals surface area contributed by atoms with Crippen molar-refractivity contribution in [1.82, 2.24) is 0 Å². The number of nitrogens with zero attached hydrogens (tertiary/aromatic N) is 1. The summed E-state index contributed by atoms with van der Waals surface area (Å²) in [6.07, 6.45) is 1.14. The zero-order valence-corrected chi connectivity index (χ0v) is 17.8. The van der Waals surface area contributed by atoms with Crippen molar-refractivity contribution in [3.63, 3.8) is 0 Å². The summed E-state index contributed by atoms with van der Waals surface area (Å²) < 4.78 is 16.6. The molecule has 0 radical (unpaired) electrons. The summed E-state index contributed by atoms with van der Waals surface area (Å²) in [5, 5.41) is 0. The number of benzene rings is 2. The van der Waals surface area contributed by atoms with Crippen molar-refractivity contribution in [2.75, 3.05) is 7.11 Å². The number of methoxy groups -OCH3 is 1. The second-order valence-corrected chi connectivity index (χ2v) is 8.03. The van der Waals surface area contributed by atoms with E-state index in [4.69, 9.17) is 25.7 Å². The van der Waals surface area contributed by atoms with Crippen LogP contribution in [0.4, 0.5) is 5.69 Å². The van der Waals surface area contributed by atoms with E-state index in [-0.39, 0.29) is 6.10 Å². The first-order valence-electron chi connectivity index (χ1n) is 9.94. The van der Waals surface area contributed by atoms with Crippen LogP contribution < -0.4 is 20.9 Å². The molecular formula is C23H29N3O4. The highest BCUT2D eigenvalue weighted by Crippen LogP contribution is 2.34. The Morgan fingerprint density at radius 2 is 1.93 bits per heavy atom. The van der Waals surface area contributed by atoms with E-state index in [2.05, 4.69) is 4.99 Å². The molecule has 7 heteroatoms. The van der Waals surface area contributed by atoms with Gasteiger partial charge in [-0.1, -0.05) is 18.2 Å². The number of hydrogen-bond donors (Lipinski definition) is 2. The summed E-state index contributed by atoms with van der Waals surface area (Å²) in [4.78, 5) is 17.0. The summed E-state index contributed by atoms with van der Waals surface area (Å²) in [6.45, 7) is 5.59. The second-order valence-electron chi connectivity index (χ2n) is 8.03. The van der Waals surface area contributed by atoms with Crippen molar-refractivity contribution >= 4 is 17.5 Å². The van der Waals surface area contributed by atoms with Gasteiger partial charge in [0, 0.05) is 0 Å². The van der Waals surface area contributed by atoms with E-state index in [0.29, 0.717) is 29.3 Å². The molecule has 4 N–H and O–H groups in total. The number of amidine groups is 1. The van der Waals surface area contributed by atoms with Gasteiger partial charge in [-0.05, 0) is 69.0 Å². The lowest BCUT2D eigenvalue weighted by Crippen LogP contribution is -2.34. The first kappa shape index (κ1) is 21.6. The van der Waals surface area contributed by atoms with E-state index < -0.39 is 17.6 Å². The van der Waals surface area contributed by atoms with Crippen LogP contribution in [0.15, 0.2) is 47.5 Å². The predicted octanol–water partition coefficient (Wildman–Crippen LogP) is 3.42. The molecule has 1 heterocycles. The molecule has 0 fully saturated rings. The normalized spacial score (nSPS) is 16.7. The summed E-state index contributed by atoms with van der Waals surface area (Å²) >= 11 is 0. The predicted molar refractivity (Wildman–Crippen MR) is 116 cm³/mol.